The average molecular weight is 305 g/mol. The van der Waals surface area contributed by atoms with E-state index < -0.39 is 5.97 Å². The first-order valence-electron chi connectivity index (χ1n) is 6.66. The fourth-order valence-corrected chi connectivity index (χ4v) is 2.99. The molecule has 2 rings (SSSR count). The minimum atomic E-state index is -0.453. The van der Waals surface area contributed by atoms with Crippen molar-refractivity contribution >= 4 is 28.8 Å². The minimum Gasteiger partial charge on any atom is -0.465 e. The molecular formula is C15H19N3O2S. The third kappa shape index (κ3) is 3.52. The fourth-order valence-electron chi connectivity index (χ4n) is 2.04. The Labute approximate surface area is 128 Å². The highest BCUT2D eigenvalue weighted by Crippen LogP contribution is 2.30. The highest BCUT2D eigenvalue weighted by molar-refractivity contribution is 7.10. The molecule has 0 fully saturated rings. The predicted molar refractivity (Wildman–Crippen MR) is 85.5 cm³/mol. The summed E-state index contributed by atoms with van der Waals surface area (Å²) in [6.07, 6.45) is 1.53. The van der Waals surface area contributed by atoms with Gasteiger partial charge in [0.1, 0.15) is 11.4 Å². The Balaban J connectivity index is 2.35. The second-order valence-corrected chi connectivity index (χ2v) is 6.02. The summed E-state index contributed by atoms with van der Waals surface area (Å²) in [5, 5.41) is 5.37. The lowest BCUT2D eigenvalue weighted by Gasteiger charge is -2.23. The van der Waals surface area contributed by atoms with Crippen molar-refractivity contribution < 1.29 is 9.53 Å². The van der Waals surface area contributed by atoms with Crippen molar-refractivity contribution in [2.75, 3.05) is 18.2 Å². The Morgan fingerprint density at radius 2 is 2.24 bits per heavy atom. The number of nitrogens with one attached hydrogen (secondary N) is 1. The number of ether oxygens (including phenoxy) is 1. The van der Waals surface area contributed by atoms with Crippen LogP contribution < -0.4 is 11.1 Å². The summed E-state index contributed by atoms with van der Waals surface area (Å²) in [6, 6.07) is 5.73. The van der Waals surface area contributed by atoms with E-state index in [0.717, 1.165) is 0 Å². The highest BCUT2D eigenvalue weighted by atomic mass is 32.1. The SMILES string of the molecule is COC(=O)c1cc(N)cnc1NC(c1cccs1)C(C)C. The van der Waals surface area contributed by atoms with Gasteiger partial charge in [0.05, 0.1) is 25.0 Å². The molecule has 0 aliphatic rings. The zero-order valence-corrected chi connectivity index (χ0v) is 13.1. The molecular weight excluding hydrogens is 286 g/mol. The number of anilines is 2. The lowest BCUT2D eigenvalue weighted by atomic mass is 10.0. The van der Waals surface area contributed by atoms with Crippen LogP contribution in [0.5, 0.6) is 0 Å². The molecule has 2 aromatic rings. The molecule has 0 bridgehead atoms. The lowest BCUT2D eigenvalue weighted by molar-refractivity contribution is 0.0601. The summed E-state index contributed by atoms with van der Waals surface area (Å²) in [5.41, 5.74) is 6.48. The molecule has 3 N–H and O–H groups in total. The maximum Gasteiger partial charge on any atom is 0.341 e. The molecule has 6 heteroatoms. The number of nitrogens with two attached hydrogens (primary N) is 1. The van der Waals surface area contributed by atoms with Gasteiger partial charge in [-0.05, 0) is 23.4 Å². The van der Waals surface area contributed by atoms with Crippen LogP contribution in [0, 0.1) is 5.92 Å². The fraction of sp³-hybridized carbons (Fsp3) is 0.333. The Morgan fingerprint density at radius 1 is 1.48 bits per heavy atom. The van der Waals surface area contributed by atoms with E-state index in [1.165, 1.54) is 18.2 Å². The van der Waals surface area contributed by atoms with Gasteiger partial charge in [0.15, 0.2) is 0 Å². The largest absolute Gasteiger partial charge is 0.465 e. The first-order chi connectivity index (χ1) is 10.0. The van der Waals surface area contributed by atoms with E-state index in [2.05, 4.69) is 30.2 Å². The molecule has 1 unspecified atom stereocenters. The molecule has 0 aliphatic carbocycles. The number of methoxy groups -OCH3 is 1. The highest BCUT2D eigenvalue weighted by Gasteiger charge is 2.21. The quantitative estimate of drug-likeness (QED) is 0.829. The molecule has 21 heavy (non-hydrogen) atoms. The monoisotopic (exact) mass is 305 g/mol. The molecule has 112 valence electrons. The molecule has 0 aromatic carbocycles. The number of nitrogen functional groups attached to an aromatic ring is 1. The molecule has 0 spiro atoms. The summed E-state index contributed by atoms with van der Waals surface area (Å²) in [4.78, 5) is 17.3. The van der Waals surface area contributed by atoms with E-state index in [0.29, 0.717) is 23.0 Å². The van der Waals surface area contributed by atoms with Crippen molar-refractivity contribution in [3.8, 4) is 0 Å². The Hall–Kier alpha value is -2.08. The number of carbonyl (C=O) groups excluding carboxylic acids is 1. The number of carbonyl (C=O) groups is 1. The molecule has 5 nitrogen and oxygen atoms in total. The van der Waals surface area contributed by atoms with Gasteiger partial charge in [0.2, 0.25) is 0 Å². The van der Waals surface area contributed by atoms with Gasteiger partial charge in [-0.2, -0.15) is 0 Å². The van der Waals surface area contributed by atoms with Crippen molar-refractivity contribution in [1.82, 2.24) is 4.98 Å². The van der Waals surface area contributed by atoms with Crippen LogP contribution in [0.4, 0.5) is 11.5 Å². The smallest absolute Gasteiger partial charge is 0.341 e. The van der Waals surface area contributed by atoms with Crippen LogP contribution in [0.25, 0.3) is 0 Å². The number of nitrogens with zero attached hydrogens (tertiary/aromatic N) is 1. The van der Waals surface area contributed by atoms with E-state index in [4.69, 9.17) is 10.5 Å². The Bertz CT molecular complexity index is 611. The van der Waals surface area contributed by atoms with Crippen molar-refractivity contribution in [3.05, 3.63) is 40.2 Å². The summed E-state index contributed by atoms with van der Waals surface area (Å²) >= 11 is 1.67. The molecule has 0 amide bonds. The standard InChI is InChI=1S/C15H19N3O2S/c1-9(2)13(12-5-4-6-21-12)18-14-11(15(19)20-3)7-10(16)8-17-14/h4-9,13H,16H2,1-3H3,(H,17,18). The zero-order valence-electron chi connectivity index (χ0n) is 12.3. The van der Waals surface area contributed by atoms with Crippen molar-refractivity contribution in [2.24, 2.45) is 5.92 Å². The van der Waals surface area contributed by atoms with Crippen LogP contribution in [0.1, 0.15) is 35.1 Å². The number of aromatic nitrogens is 1. The Morgan fingerprint density at radius 3 is 2.81 bits per heavy atom. The first kappa shape index (κ1) is 15.3. The van der Waals surface area contributed by atoms with E-state index >= 15 is 0 Å². The number of thiophene rings is 1. The van der Waals surface area contributed by atoms with Crippen LogP contribution in [0.15, 0.2) is 29.8 Å². The molecule has 0 radical (unpaired) electrons. The van der Waals surface area contributed by atoms with E-state index in [1.54, 1.807) is 17.4 Å². The number of pyridine rings is 1. The second-order valence-electron chi connectivity index (χ2n) is 5.04. The van der Waals surface area contributed by atoms with Crippen LogP contribution in [-0.4, -0.2) is 18.1 Å². The van der Waals surface area contributed by atoms with Gasteiger partial charge in [-0.25, -0.2) is 9.78 Å². The summed E-state index contributed by atoms with van der Waals surface area (Å²) in [6.45, 7) is 4.24. The third-order valence-electron chi connectivity index (χ3n) is 3.12. The van der Waals surface area contributed by atoms with E-state index in [9.17, 15) is 4.79 Å². The second kappa shape index (κ2) is 6.58. The molecule has 1 atom stereocenters. The van der Waals surface area contributed by atoms with Crippen LogP contribution in [-0.2, 0) is 4.74 Å². The van der Waals surface area contributed by atoms with Gasteiger partial charge in [0, 0.05) is 4.88 Å². The van der Waals surface area contributed by atoms with Gasteiger partial charge in [0.25, 0.3) is 0 Å². The Kier molecular flexibility index (Phi) is 4.80. The average Bonchev–Trinajstić information content (AvgIpc) is 2.98. The summed E-state index contributed by atoms with van der Waals surface area (Å²) in [7, 11) is 1.34. The predicted octanol–water partition coefficient (Wildman–Crippen LogP) is 3.32. The number of esters is 1. The third-order valence-corrected chi connectivity index (χ3v) is 4.08. The lowest BCUT2D eigenvalue weighted by Crippen LogP contribution is -2.19. The molecule has 2 aromatic heterocycles. The maximum atomic E-state index is 11.9. The van der Waals surface area contributed by atoms with Crippen molar-refractivity contribution in [3.63, 3.8) is 0 Å². The first-order valence-corrected chi connectivity index (χ1v) is 7.54. The van der Waals surface area contributed by atoms with Gasteiger partial charge in [-0.15, -0.1) is 11.3 Å². The van der Waals surface area contributed by atoms with Crippen molar-refractivity contribution in [1.29, 1.82) is 0 Å². The van der Waals surface area contributed by atoms with Gasteiger partial charge in [-0.3, -0.25) is 0 Å². The van der Waals surface area contributed by atoms with Gasteiger partial charge >= 0.3 is 5.97 Å². The van der Waals surface area contributed by atoms with Gasteiger partial charge < -0.3 is 15.8 Å². The topological polar surface area (TPSA) is 77.2 Å². The maximum absolute atomic E-state index is 11.9. The zero-order chi connectivity index (χ0) is 15.4. The van der Waals surface area contributed by atoms with E-state index in [1.807, 2.05) is 11.4 Å². The normalized spacial score (nSPS) is 12.2. The molecule has 0 saturated heterocycles. The summed E-state index contributed by atoms with van der Waals surface area (Å²) < 4.78 is 4.79. The van der Waals surface area contributed by atoms with Crippen LogP contribution >= 0.6 is 11.3 Å². The van der Waals surface area contributed by atoms with E-state index in [-0.39, 0.29) is 6.04 Å². The molecule has 0 aliphatic heterocycles. The van der Waals surface area contributed by atoms with Crippen molar-refractivity contribution in [2.45, 2.75) is 19.9 Å². The molecule has 0 saturated carbocycles. The number of hydrogen-bond donors (Lipinski definition) is 2. The minimum absolute atomic E-state index is 0.0736. The number of rotatable bonds is 5. The van der Waals surface area contributed by atoms with Crippen LogP contribution in [0.3, 0.4) is 0 Å². The summed E-state index contributed by atoms with van der Waals surface area (Å²) in [5.74, 6) is 0.377. The van der Waals surface area contributed by atoms with Gasteiger partial charge in [-0.1, -0.05) is 19.9 Å². The number of hydrogen-bond acceptors (Lipinski definition) is 6. The molecule has 2 heterocycles. The van der Waals surface area contributed by atoms with Crippen LogP contribution in [0.2, 0.25) is 0 Å².